The van der Waals surface area contributed by atoms with E-state index in [0.717, 1.165) is 11.1 Å². The van der Waals surface area contributed by atoms with E-state index in [1.807, 2.05) is 55.5 Å². The Hall–Kier alpha value is -4.37. The van der Waals surface area contributed by atoms with Crippen molar-refractivity contribution >= 4 is 35.2 Å². The Balaban J connectivity index is 1.46. The number of carbonyl (C=O) groups is 2. The van der Waals surface area contributed by atoms with E-state index < -0.39 is 11.8 Å². The van der Waals surface area contributed by atoms with Gasteiger partial charge in [0.15, 0.2) is 28.1 Å². The standard InChI is InChI=1S/C28H26N2O6S/c1-3-34-25-14-19(13-21-26(31)29-28(37)30-27(21)32)9-11-23(25)36-17-20-10-12-22(24(15-20)33-2)35-16-18-7-5-4-6-8-18/h4-15H,3,16-17H2,1-2H3,(H2,29,30,31,32,37). The average Bonchev–Trinajstić information content (AvgIpc) is 2.90. The first kappa shape index (κ1) is 25.7. The van der Waals surface area contributed by atoms with Gasteiger partial charge in [-0.2, -0.15) is 0 Å². The molecule has 1 heterocycles. The molecule has 9 heteroatoms. The second kappa shape index (κ2) is 12.0. The molecule has 0 spiro atoms. The van der Waals surface area contributed by atoms with Gasteiger partial charge in [0.05, 0.1) is 13.7 Å². The third kappa shape index (κ3) is 6.65. The van der Waals surface area contributed by atoms with Crippen LogP contribution in [0.25, 0.3) is 6.08 Å². The summed E-state index contributed by atoms with van der Waals surface area (Å²) >= 11 is 4.83. The number of methoxy groups -OCH3 is 1. The van der Waals surface area contributed by atoms with Crippen molar-refractivity contribution in [2.75, 3.05) is 13.7 Å². The number of thiocarbonyl (C=S) groups is 1. The summed E-state index contributed by atoms with van der Waals surface area (Å²) in [6, 6.07) is 20.7. The van der Waals surface area contributed by atoms with Crippen LogP contribution in [0.1, 0.15) is 23.6 Å². The Morgan fingerprint density at radius 3 is 2.08 bits per heavy atom. The van der Waals surface area contributed by atoms with E-state index in [0.29, 0.717) is 41.8 Å². The second-order valence-electron chi connectivity index (χ2n) is 7.98. The highest BCUT2D eigenvalue weighted by atomic mass is 32.1. The zero-order valence-corrected chi connectivity index (χ0v) is 21.2. The summed E-state index contributed by atoms with van der Waals surface area (Å²) in [5.41, 5.74) is 2.49. The molecule has 2 N–H and O–H groups in total. The van der Waals surface area contributed by atoms with E-state index in [4.69, 9.17) is 31.2 Å². The predicted octanol–water partition coefficient (Wildman–Crippen LogP) is 4.17. The molecule has 8 nitrogen and oxygen atoms in total. The van der Waals surface area contributed by atoms with Crippen molar-refractivity contribution in [2.45, 2.75) is 20.1 Å². The highest BCUT2D eigenvalue weighted by Gasteiger charge is 2.25. The summed E-state index contributed by atoms with van der Waals surface area (Å²) in [5.74, 6) is 1.13. The van der Waals surface area contributed by atoms with Crippen molar-refractivity contribution in [2.24, 2.45) is 0 Å². The minimum absolute atomic E-state index is 0.0154. The van der Waals surface area contributed by atoms with Crippen molar-refractivity contribution < 1.29 is 28.5 Å². The smallest absolute Gasteiger partial charge is 0.263 e. The van der Waals surface area contributed by atoms with E-state index in [2.05, 4.69) is 10.6 Å². The lowest BCUT2D eigenvalue weighted by Gasteiger charge is -2.17. The molecule has 0 aromatic heterocycles. The van der Waals surface area contributed by atoms with Gasteiger partial charge < -0.3 is 18.9 Å². The number of amides is 2. The first-order chi connectivity index (χ1) is 18.0. The third-order valence-electron chi connectivity index (χ3n) is 5.38. The molecule has 3 aromatic rings. The monoisotopic (exact) mass is 518 g/mol. The van der Waals surface area contributed by atoms with Gasteiger partial charge in [0.2, 0.25) is 0 Å². The molecular formula is C28H26N2O6S. The van der Waals surface area contributed by atoms with Crippen LogP contribution in [-0.2, 0) is 22.8 Å². The van der Waals surface area contributed by atoms with Crippen molar-refractivity contribution in [3.05, 3.63) is 89.0 Å². The molecule has 1 aliphatic heterocycles. The molecule has 1 fully saturated rings. The third-order valence-corrected chi connectivity index (χ3v) is 5.59. The van der Waals surface area contributed by atoms with Crippen LogP contribution in [0.3, 0.4) is 0 Å². The molecule has 190 valence electrons. The van der Waals surface area contributed by atoms with Crippen LogP contribution in [0.5, 0.6) is 23.0 Å². The molecular weight excluding hydrogens is 492 g/mol. The minimum Gasteiger partial charge on any atom is -0.493 e. The van der Waals surface area contributed by atoms with Crippen LogP contribution in [0.15, 0.2) is 72.3 Å². The maximum atomic E-state index is 12.1. The van der Waals surface area contributed by atoms with E-state index >= 15 is 0 Å². The van der Waals surface area contributed by atoms with Crippen LogP contribution in [0, 0.1) is 0 Å². The van der Waals surface area contributed by atoms with Crippen molar-refractivity contribution in [3.8, 4) is 23.0 Å². The SMILES string of the molecule is CCOc1cc(C=C2C(=O)NC(=S)NC2=O)ccc1OCc1ccc(OCc2ccccc2)c(OC)c1. The summed E-state index contributed by atoms with van der Waals surface area (Å²) in [7, 11) is 1.59. The summed E-state index contributed by atoms with van der Waals surface area (Å²) < 4.78 is 23.2. The normalized spacial score (nSPS) is 12.9. The highest BCUT2D eigenvalue weighted by Crippen LogP contribution is 2.32. The molecule has 1 saturated heterocycles. The fourth-order valence-corrected chi connectivity index (χ4v) is 3.78. The number of hydrogen-bond acceptors (Lipinski definition) is 7. The summed E-state index contributed by atoms with van der Waals surface area (Å²) in [6.07, 6.45) is 1.47. The van der Waals surface area contributed by atoms with Crippen LogP contribution >= 0.6 is 12.2 Å². The van der Waals surface area contributed by atoms with Crippen LogP contribution in [-0.4, -0.2) is 30.6 Å². The summed E-state index contributed by atoms with van der Waals surface area (Å²) in [6.45, 7) is 2.96. The van der Waals surface area contributed by atoms with Crippen molar-refractivity contribution in [3.63, 3.8) is 0 Å². The van der Waals surface area contributed by atoms with Gasteiger partial charge in [-0.15, -0.1) is 0 Å². The minimum atomic E-state index is -0.558. The molecule has 0 saturated carbocycles. The van der Waals surface area contributed by atoms with E-state index in [1.54, 1.807) is 25.3 Å². The largest absolute Gasteiger partial charge is 0.493 e. The van der Waals surface area contributed by atoms with Gasteiger partial charge in [-0.3, -0.25) is 20.2 Å². The van der Waals surface area contributed by atoms with Crippen LogP contribution in [0.2, 0.25) is 0 Å². The molecule has 0 bridgehead atoms. The molecule has 4 rings (SSSR count). The Labute approximate surface area is 220 Å². The van der Waals surface area contributed by atoms with Gasteiger partial charge in [-0.25, -0.2) is 0 Å². The number of hydrogen-bond donors (Lipinski definition) is 2. The Bertz CT molecular complexity index is 1320. The van der Waals surface area contributed by atoms with Crippen molar-refractivity contribution in [1.29, 1.82) is 0 Å². The molecule has 0 aliphatic carbocycles. The first-order valence-corrected chi connectivity index (χ1v) is 12.0. The van der Waals surface area contributed by atoms with Gasteiger partial charge in [0, 0.05) is 0 Å². The molecule has 37 heavy (non-hydrogen) atoms. The second-order valence-corrected chi connectivity index (χ2v) is 8.39. The average molecular weight is 519 g/mol. The van der Waals surface area contributed by atoms with Gasteiger partial charge in [-0.05, 0) is 66.2 Å². The van der Waals surface area contributed by atoms with E-state index in [1.165, 1.54) is 6.08 Å². The Morgan fingerprint density at radius 2 is 1.41 bits per heavy atom. The molecule has 0 atom stereocenters. The number of benzene rings is 3. The van der Waals surface area contributed by atoms with Crippen LogP contribution in [0.4, 0.5) is 0 Å². The Kier molecular flexibility index (Phi) is 8.37. The van der Waals surface area contributed by atoms with Gasteiger partial charge in [-0.1, -0.05) is 42.5 Å². The molecule has 3 aromatic carbocycles. The van der Waals surface area contributed by atoms with Gasteiger partial charge in [0.1, 0.15) is 18.8 Å². The topological polar surface area (TPSA) is 95.1 Å². The van der Waals surface area contributed by atoms with E-state index in [9.17, 15) is 9.59 Å². The first-order valence-electron chi connectivity index (χ1n) is 11.6. The lowest BCUT2D eigenvalue weighted by molar-refractivity contribution is -0.123. The fourth-order valence-electron chi connectivity index (χ4n) is 3.59. The number of carbonyl (C=O) groups excluding carboxylic acids is 2. The molecule has 2 amide bonds. The van der Waals surface area contributed by atoms with Crippen molar-refractivity contribution in [1.82, 2.24) is 10.6 Å². The quantitative estimate of drug-likeness (QED) is 0.236. The lowest BCUT2D eigenvalue weighted by atomic mass is 10.1. The van der Waals surface area contributed by atoms with Gasteiger partial charge >= 0.3 is 0 Å². The maximum Gasteiger partial charge on any atom is 0.263 e. The lowest BCUT2D eigenvalue weighted by Crippen LogP contribution is -2.51. The van der Waals surface area contributed by atoms with Gasteiger partial charge in [0.25, 0.3) is 11.8 Å². The molecule has 0 radical (unpaired) electrons. The molecule has 1 aliphatic rings. The summed E-state index contributed by atoms with van der Waals surface area (Å²) in [5, 5.41) is 4.82. The summed E-state index contributed by atoms with van der Waals surface area (Å²) in [4.78, 5) is 24.3. The Morgan fingerprint density at radius 1 is 0.757 bits per heavy atom. The number of nitrogens with one attached hydrogen (secondary N) is 2. The molecule has 0 unspecified atom stereocenters. The number of rotatable bonds is 10. The van der Waals surface area contributed by atoms with E-state index in [-0.39, 0.29) is 17.3 Å². The number of ether oxygens (including phenoxy) is 4. The predicted molar refractivity (Wildman–Crippen MR) is 143 cm³/mol. The van der Waals surface area contributed by atoms with Crippen LogP contribution < -0.4 is 29.6 Å². The maximum absolute atomic E-state index is 12.1. The highest BCUT2D eigenvalue weighted by molar-refractivity contribution is 7.80. The zero-order chi connectivity index (χ0) is 26.2. The zero-order valence-electron chi connectivity index (χ0n) is 20.4. The fraction of sp³-hybridized carbons (Fsp3) is 0.179.